The number of carbonyl (C=O) groups is 2. The van der Waals surface area contributed by atoms with Crippen molar-refractivity contribution in [3.8, 4) is 0 Å². The summed E-state index contributed by atoms with van der Waals surface area (Å²) in [6.07, 6.45) is 0.599. The van der Waals surface area contributed by atoms with Crippen molar-refractivity contribution in [1.82, 2.24) is 14.8 Å². The summed E-state index contributed by atoms with van der Waals surface area (Å²) in [4.78, 5) is 30.4. The highest BCUT2D eigenvalue weighted by Gasteiger charge is 2.39. The van der Waals surface area contributed by atoms with Gasteiger partial charge in [-0.05, 0) is 48.7 Å². The standard InChI is InChI=1S/C22H26ClN3O2.C2HF3O2/c23-20-5-3-19(4-6-20)21(27)26-10-7-22(8-11-26)16-25(12-13-28-17-22)15-18-2-1-9-24-14-18;3-2(4,5)1(6)7/h1-6,9,14H,7-8,10-13,15-17H2;(H,6,7). The molecule has 2 aliphatic heterocycles. The van der Waals surface area contributed by atoms with E-state index in [1.54, 1.807) is 24.3 Å². The normalized spacial score (nSPS) is 18.3. The monoisotopic (exact) mass is 513 g/mol. The summed E-state index contributed by atoms with van der Waals surface area (Å²) in [5, 5.41) is 7.78. The van der Waals surface area contributed by atoms with Gasteiger partial charge in [0.1, 0.15) is 0 Å². The summed E-state index contributed by atoms with van der Waals surface area (Å²) in [7, 11) is 0. The molecule has 0 aliphatic carbocycles. The molecule has 1 spiro atoms. The number of carboxylic acid groups (broad SMARTS) is 1. The largest absolute Gasteiger partial charge is 0.490 e. The number of amides is 1. The van der Waals surface area contributed by atoms with E-state index < -0.39 is 12.1 Å². The number of carbonyl (C=O) groups excluding carboxylic acids is 1. The van der Waals surface area contributed by atoms with E-state index in [9.17, 15) is 18.0 Å². The van der Waals surface area contributed by atoms with Crippen molar-refractivity contribution in [3.05, 3.63) is 64.9 Å². The molecule has 0 radical (unpaired) electrons. The Morgan fingerprint density at radius 3 is 2.34 bits per heavy atom. The minimum Gasteiger partial charge on any atom is -0.475 e. The van der Waals surface area contributed by atoms with E-state index in [1.807, 2.05) is 23.4 Å². The molecule has 190 valence electrons. The number of rotatable bonds is 3. The van der Waals surface area contributed by atoms with Gasteiger partial charge >= 0.3 is 12.1 Å². The van der Waals surface area contributed by atoms with Crippen molar-refractivity contribution in [3.63, 3.8) is 0 Å². The second-order valence-electron chi connectivity index (χ2n) is 8.73. The van der Waals surface area contributed by atoms with Gasteiger partial charge in [0.05, 0.1) is 13.2 Å². The zero-order valence-corrected chi connectivity index (χ0v) is 19.8. The topological polar surface area (TPSA) is 83.0 Å². The highest BCUT2D eigenvalue weighted by atomic mass is 35.5. The third-order valence-electron chi connectivity index (χ3n) is 6.09. The van der Waals surface area contributed by atoms with Crippen molar-refractivity contribution >= 4 is 23.5 Å². The Hall–Kier alpha value is -2.69. The van der Waals surface area contributed by atoms with Gasteiger partial charge in [-0.2, -0.15) is 13.2 Å². The van der Waals surface area contributed by atoms with Crippen LogP contribution in [0.15, 0.2) is 48.8 Å². The van der Waals surface area contributed by atoms with E-state index in [-0.39, 0.29) is 11.3 Å². The molecule has 1 aromatic carbocycles. The van der Waals surface area contributed by atoms with Gasteiger partial charge in [-0.15, -0.1) is 0 Å². The second kappa shape index (κ2) is 11.8. The van der Waals surface area contributed by atoms with Crippen LogP contribution in [0.5, 0.6) is 0 Å². The van der Waals surface area contributed by atoms with Gasteiger partial charge in [-0.25, -0.2) is 4.79 Å². The Balaban J connectivity index is 0.000000429. The summed E-state index contributed by atoms with van der Waals surface area (Å²) in [5.41, 5.74) is 2.06. The van der Waals surface area contributed by atoms with Crippen molar-refractivity contribution < 1.29 is 32.6 Å². The molecule has 1 amide bonds. The summed E-state index contributed by atoms with van der Waals surface area (Å²) in [6.45, 7) is 5.91. The molecule has 0 atom stereocenters. The molecular weight excluding hydrogens is 487 g/mol. The minimum atomic E-state index is -5.08. The Bertz CT molecular complexity index is 982. The summed E-state index contributed by atoms with van der Waals surface area (Å²) < 4.78 is 37.7. The summed E-state index contributed by atoms with van der Waals surface area (Å²) in [5.74, 6) is -2.67. The third-order valence-corrected chi connectivity index (χ3v) is 6.35. The van der Waals surface area contributed by atoms with Crippen molar-refractivity contribution in [2.45, 2.75) is 25.6 Å². The molecule has 2 saturated heterocycles. The molecule has 3 heterocycles. The predicted octanol–water partition coefficient (Wildman–Crippen LogP) is 4.12. The Morgan fingerprint density at radius 2 is 1.77 bits per heavy atom. The van der Waals surface area contributed by atoms with E-state index in [4.69, 9.17) is 26.2 Å². The second-order valence-corrected chi connectivity index (χ2v) is 9.16. The number of ether oxygens (including phenoxy) is 1. The molecule has 1 N–H and O–H groups in total. The number of carboxylic acids is 1. The fourth-order valence-electron chi connectivity index (χ4n) is 4.23. The molecule has 2 aromatic rings. The number of likely N-dealkylation sites (tertiary alicyclic amines) is 1. The summed E-state index contributed by atoms with van der Waals surface area (Å²) >= 11 is 5.94. The number of aliphatic carboxylic acids is 1. The Morgan fingerprint density at radius 1 is 1.11 bits per heavy atom. The predicted molar refractivity (Wildman–Crippen MR) is 123 cm³/mol. The minimum absolute atomic E-state index is 0.0910. The maximum absolute atomic E-state index is 12.8. The quantitative estimate of drug-likeness (QED) is 0.665. The fraction of sp³-hybridized carbons (Fsp3) is 0.458. The van der Waals surface area contributed by atoms with Crippen LogP contribution in [-0.2, 0) is 16.1 Å². The highest BCUT2D eigenvalue weighted by molar-refractivity contribution is 6.30. The van der Waals surface area contributed by atoms with Crippen LogP contribution in [-0.4, -0.2) is 77.3 Å². The maximum Gasteiger partial charge on any atom is 0.490 e. The molecule has 2 fully saturated rings. The molecular formula is C24H27ClF3N3O4. The number of hydrogen-bond donors (Lipinski definition) is 1. The number of benzene rings is 1. The molecule has 2 aliphatic rings. The zero-order chi connectivity index (χ0) is 25.5. The van der Waals surface area contributed by atoms with Crippen molar-refractivity contribution in [2.24, 2.45) is 5.41 Å². The van der Waals surface area contributed by atoms with Crippen LogP contribution in [0, 0.1) is 5.41 Å². The van der Waals surface area contributed by atoms with Gasteiger partial charge in [0.2, 0.25) is 0 Å². The number of alkyl halides is 3. The average Bonchev–Trinajstić information content (AvgIpc) is 3.02. The van der Waals surface area contributed by atoms with E-state index in [2.05, 4.69) is 16.0 Å². The number of aromatic nitrogens is 1. The number of pyridine rings is 1. The number of piperidine rings is 1. The first-order valence-electron chi connectivity index (χ1n) is 11.1. The fourth-order valence-corrected chi connectivity index (χ4v) is 4.35. The first kappa shape index (κ1) is 26.9. The molecule has 0 bridgehead atoms. The lowest BCUT2D eigenvalue weighted by Gasteiger charge is -2.42. The molecule has 35 heavy (non-hydrogen) atoms. The zero-order valence-electron chi connectivity index (χ0n) is 19.0. The number of halogens is 4. The number of hydrogen-bond acceptors (Lipinski definition) is 5. The third kappa shape index (κ3) is 7.91. The number of nitrogens with zero attached hydrogens (tertiary/aromatic N) is 3. The van der Waals surface area contributed by atoms with Crippen LogP contribution in [0.2, 0.25) is 5.02 Å². The van der Waals surface area contributed by atoms with Crippen LogP contribution in [0.1, 0.15) is 28.8 Å². The van der Waals surface area contributed by atoms with Gasteiger partial charge in [0.25, 0.3) is 5.91 Å². The highest BCUT2D eigenvalue weighted by Crippen LogP contribution is 2.35. The SMILES string of the molecule is O=C(O)C(F)(F)F.O=C(c1ccc(Cl)cc1)N1CCC2(CC1)COCCN(Cc1cccnc1)C2. The maximum atomic E-state index is 12.8. The lowest BCUT2D eigenvalue weighted by atomic mass is 9.78. The molecule has 1 aromatic heterocycles. The molecule has 0 unspecified atom stereocenters. The molecule has 11 heteroatoms. The van der Waals surface area contributed by atoms with Gasteiger partial charge < -0.3 is 14.7 Å². The molecule has 4 rings (SSSR count). The van der Waals surface area contributed by atoms with Crippen LogP contribution >= 0.6 is 11.6 Å². The Kier molecular flexibility index (Phi) is 9.09. The Labute approximate surface area is 206 Å². The first-order chi connectivity index (χ1) is 16.6. The summed E-state index contributed by atoms with van der Waals surface area (Å²) in [6, 6.07) is 11.3. The average molecular weight is 514 g/mol. The van der Waals surface area contributed by atoms with E-state index >= 15 is 0 Å². The van der Waals surface area contributed by atoms with Crippen LogP contribution in [0.4, 0.5) is 13.2 Å². The van der Waals surface area contributed by atoms with Gasteiger partial charge in [0, 0.05) is 61.1 Å². The van der Waals surface area contributed by atoms with Crippen molar-refractivity contribution in [1.29, 1.82) is 0 Å². The van der Waals surface area contributed by atoms with E-state index in [0.717, 1.165) is 58.8 Å². The van der Waals surface area contributed by atoms with Crippen LogP contribution in [0.3, 0.4) is 0 Å². The van der Waals surface area contributed by atoms with Gasteiger partial charge in [-0.1, -0.05) is 17.7 Å². The first-order valence-corrected chi connectivity index (χ1v) is 11.5. The van der Waals surface area contributed by atoms with Crippen molar-refractivity contribution in [2.75, 3.05) is 39.4 Å². The van der Waals surface area contributed by atoms with E-state index in [1.165, 1.54) is 5.56 Å². The van der Waals surface area contributed by atoms with Crippen LogP contribution in [0.25, 0.3) is 0 Å². The molecule has 0 saturated carbocycles. The smallest absolute Gasteiger partial charge is 0.475 e. The van der Waals surface area contributed by atoms with Gasteiger partial charge in [0.15, 0.2) is 0 Å². The lowest BCUT2D eigenvalue weighted by molar-refractivity contribution is -0.192. The molecule has 7 nitrogen and oxygen atoms in total. The van der Waals surface area contributed by atoms with Crippen LogP contribution < -0.4 is 0 Å². The lowest BCUT2D eigenvalue weighted by Crippen LogP contribution is -2.48. The van der Waals surface area contributed by atoms with E-state index in [0.29, 0.717) is 10.6 Å². The van der Waals surface area contributed by atoms with Gasteiger partial charge in [-0.3, -0.25) is 14.7 Å².